The van der Waals surface area contributed by atoms with E-state index in [0.29, 0.717) is 6.04 Å². The van der Waals surface area contributed by atoms with Crippen LogP contribution >= 0.6 is 11.3 Å². The molecule has 2 rings (SSSR count). The summed E-state index contributed by atoms with van der Waals surface area (Å²) in [4.78, 5) is 16.4. The molecule has 1 N–H and O–H groups in total. The minimum atomic E-state index is 0.0790. The van der Waals surface area contributed by atoms with Gasteiger partial charge in [0, 0.05) is 30.6 Å². The fraction of sp³-hybridized carbons (Fsp3) is 0.500. The number of rotatable bonds is 4. The molecule has 1 aromatic rings. The van der Waals surface area contributed by atoms with Crippen LogP contribution in [-0.4, -0.2) is 36.5 Å². The fourth-order valence-corrected chi connectivity index (χ4v) is 3.03. The van der Waals surface area contributed by atoms with Crippen LogP contribution in [0.4, 0.5) is 0 Å². The maximum atomic E-state index is 12.0. The zero-order valence-corrected chi connectivity index (χ0v) is 11.6. The Morgan fingerprint density at radius 3 is 2.83 bits per heavy atom. The van der Waals surface area contributed by atoms with Crippen molar-refractivity contribution in [1.82, 2.24) is 10.2 Å². The average Bonchev–Trinajstić information content (AvgIpc) is 2.79. The molecule has 1 saturated heterocycles. The maximum absolute atomic E-state index is 12.0. The number of piperidine rings is 1. The van der Waals surface area contributed by atoms with E-state index in [1.165, 1.54) is 4.88 Å². The first-order valence-electron chi connectivity index (χ1n) is 6.39. The Morgan fingerprint density at radius 2 is 2.28 bits per heavy atom. The number of hydrogen-bond donors (Lipinski definition) is 1. The Hall–Kier alpha value is -1.13. The summed E-state index contributed by atoms with van der Waals surface area (Å²) < 4.78 is 0. The van der Waals surface area contributed by atoms with Gasteiger partial charge in [0.1, 0.15) is 0 Å². The van der Waals surface area contributed by atoms with Crippen molar-refractivity contribution in [3.05, 3.63) is 34.5 Å². The van der Waals surface area contributed by atoms with Gasteiger partial charge in [-0.05, 0) is 31.9 Å². The Balaban J connectivity index is 1.81. The normalized spacial score (nSPS) is 17.6. The van der Waals surface area contributed by atoms with Gasteiger partial charge in [-0.3, -0.25) is 9.69 Å². The number of aryl methyl sites for hydroxylation is 1. The van der Waals surface area contributed by atoms with Crippen molar-refractivity contribution in [2.75, 3.05) is 19.6 Å². The predicted octanol–water partition coefficient (Wildman–Crippen LogP) is 2.44. The van der Waals surface area contributed by atoms with Crippen LogP contribution in [0, 0.1) is 6.92 Å². The molecule has 0 spiro atoms. The molecule has 4 heteroatoms. The average molecular weight is 264 g/mol. The van der Waals surface area contributed by atoms with Crippen LogP contribution in [-0.2, 0) is 0 Å². The van der Waals surface area contributed by atoms with Crippen LogP contribution < -0.4 is 5.32 Å². The van der Waals surface area contributed by atoms with Crippen LogP contribution in [0.5, 0.6) is 0 Å². The molecule has 1 aromatic heterocycles. The SMILES string of the molecule is C=CCN1CCC(NC(=O)c2ccc(C)s2)CC1. The first-order chi connectivity index (χ1) is 8.69. The molecular formula is C14H20N2OS. The summed E-state index contributed by atoms with van der Waals surface area (Å²) in [6.07, 6.45) is 4.00. The third-order valence-electron chi connectivity index (χ3n) is 3.27. The van der Waals surface area contributed by atoms with Crippen molar-refractivity contribution < 1.29 is 4.79 Å². The minimum absolute atomic E-state index is 0.0790. The van der Waals surface area contributed by atoms with Gasteiger partial charge in [-0.15, -0.1) is 17.9 Å². The molecule has 2 heterocycles. The van der Waals surface area contributed by atoms with E-state index in [2.05, 4.69) is 16.8 Å². The first-order valence-corrected chi connectivity index (χ1v) is 7.21. The summed E-state index contributed by atoms with van der Waals surface area (Å²) in [7, 11) is 0. The van der Waals surface area contributed by atoms with Crippen molar-refractivity contribution >= 4 is 17.2 Å². The lowest BCUT2D eigenvalue weighted by Gasteiger charge is -2.31. The molecule has 1 fully saturated rings. The van der Waals surface area contributed by atoms with Crippen LogP contribution in [0.15, 0.2) is 24.8 Å². The molecule has 18 heavy (non-hydrogen) atoms. The van der Waals surface area contributed by atoms with Crippen molar-refractivity contribution in [2.24, 2.45) is 0 Å². The van der Waals surface area contributed by atoms with Crippen LogP contribution in [0.3, 0.4) is 0 Å². The summed E-state index contributed by atoms with van der Waals surface area (Å²) >= 11 is 1.56. The van der Waals surface area contributed by atoms with E-state index >= 15 is 0 Å². The van der Waals surface area contributed by atoms with Crippen molar-refractivity contribution in [2.45, 2.75) is 25.8 Å². The number of thiophene rings is 1. The number of hydrogen-bond acceptors (Lipinski definition) is 3. The summed E-state index contributed by atoms with van der Waals surface area (Å²) in [5.74, 6) is 0.0790. The van der Waals surface area contributed by atoms with Gasteiger partial charge in [-0.2, -0.15) is 0 Å². The highest BCUT2D eigenvalue weighted by Gasteiger charge is 2.20. The van der Waals surface area contributed by atoms with Crippen molar-refractivity contribution in [3.63, 3.8) is 0 Å². The summed E-state index contributed by atoms with van der Waals surface area (Å²) in [5, 5.41) is 3.13. The zero-order chi connectivity index (χ0) is 13.0. The van der Waals surface area contributed by atoms with E-state index in [1.807, 2.05) is 25.1 Å². The largest absolute Gasteiger partial charge is 0.349 e. The molecule has 0 bridgehead atoms. The quantitative estimate of drug-likeness (QED) is 0.847. The third-order valence-corrected chi connectivity index (χ3v) is 4.27. The second kappa shape index (κ2) is 6.16. The van der Waals surface area contributed by atoms with Gasteiger partial charge < -0.3 is 5.32 Å². The van der Waals surface area contributed by atoms with E-state index in [9.17, 15) is 4.79 Å². The molecule has 0 radical (unpaired) electrons. The molecule has 98 valence electrons. The number of nitrogens with one attached hydrogen (secondary N) is 1. The van der Waals surface area contributed by atoms with Crippen LogP contribution in [0.1, 0.15) is 27.4 Å². The predicted molar refractivity (Wildman–Crippen MR) is 76.2 cm³/mol. The lowest BCUT2D eigenvalue weighted by molar-refractivity contribution is 0.0918. The van der Waals surface area contributed by atoms with Crippen LogP contribution in [0.2, 0.25) is 0 Å². The number of amides is 1. The Kier molecular flexibility index (Phi) is 4.55. The molecule has 0 atom stereocenters. The Morgan fingerprint density at radius 1 is 1.56 bits per heavy atom. The number of carbonyl (C=O) groups excluding carboxylic acids is 1. The Labute approximate surface area is 112 Å². The fourth-order valence-electron chi connectivity index (χ4n) is 2.26. The summed E-state index contributed by atoms with van der Waals surface area (Å²) in [5.41, 5.74) is 0. The lowest BCUT2D eigenvalue weighted by Crippen LogP contribution is -2.44. The number of carbonyl (C=O) groups is 1. The highest BCUT2D eigenvalue weighted by molar-refractivity contribution is 7.13. The standard InChI is InChI=1S/C14H20N2OS/c1-3-8-16-9-6-12(7-10-16)15-14(17)13-5-4-11(2)18-13/h3-5,12H,1,6-10H2,2H3,(H,15,17). The molecule has 1 amide bonds. The summed E-state index contributed by atoms with van der Waals surface area (Å²) in [6, 6.07) is 4.22. The number of likely N-dealkylation sites (tertiary alicyclic amines) is 1. The second-order valence-corrected chi connectivity index (χ2v) is 6.04. The molecule has 0 unspecified atom stereocenters. The lowest BCUT2D eigenvalue weighted by atomic mass is 10.1. The topological polar surface area (TPSA) is 32.3 Å². The molecule has 0 aliphatic carbocycles. The molecule has 1 aliphatic heterocycles. The van der Waals surface area contributed by atoms with Gasteiger partial charge in [0.05, 0.1) is 4.88 Å². The van der Waals surface area contributed by atoms with Gasteiger partial charge in [0.2, 0.25) is 0 Å². The third kappa shape index (κ3) is 3.43. The monoisotopic (exact) mass is 264 g/mol. The molecular weight excluding hydrogens is 244 g/mol. The summed E-state index contributed by atoms with van der Waals surface area (Å²) in [6.45, 7) is 8.81. The van der Waals surface area contributed by atoms with E-state index in [4.69, 9.17) is 0 Å². The first kappa shape index (κ1) is 13.3. The van der Waals surface area contributed by atoms with Gasteiger partial charge in [0.25, 0.3) is 5.91 Å². The van der Waals surface area contributed by atoms with E-state index in [1.54, 1.807) is 11.3 Å². The van der Waals surface area contributed by atoms with E-state index < -0.39 is 0 Å². The van der Waals surface area contributed by atoms with Crippen LogP contribution in [0.25, 0.3) is 0 Å². The highest BCUT2D eigenvalue weighted by atomic mass is 32.1. The van der Waals surface area contributed by atoms with Gasteiger partial charge >= 0.3 is 0 Å². The van der Waals surface area contributed by atoms with Crippen molar-refractivity contribution in [1.29, 1.82) is 0 Å². The zero-order valence-electron chi connectivity index (χ0n) is 10.8. The van der Waals surface area contributed by atoms with Crippen molar-refractivity contribution in [3.8, 4) is 0 Å². The Bertz CT molecular complexity index is 419. The molecule has 3 nitrogen and oxygen atoms in total. The van der Waals surface area contributed by atoms with Gasteiger partial charge in [-0.1, -0.05) is 6.08 Å². The highest BCUT2D eigenvalue weighted by Crippen LogP contribution is 2.16. The molecule has 1 aliphatic rings. The number of nitrogens with zero attached hydrogens (tertiary/aromatic N) is 1. The molecule has 0 saturated carbocycles. The van der Waals surface area contributed by atoms with E-state index in [0.717, 1.165) is 37.4 Å². The van der Waals surface area contributed by atoms with E-state index in [-0.39, 0.29) is 5.91 Å². The van der Waals surface area contributed by atoms with Gasteiger partial charge in [0.15, 0.2) is 0 Å². The van der Waals surface area contributed by atoms with Gasteiger partial charge in [-0.25, -0.2) is 0 Å². The maximum Gasteiger partial charge on any atom is 0.261 e. The second-order valence-electron chi connectivity index (χ2n) is 4.75. The minimum Gasteiger partial charge on any atom is -0.349 e. The molecule has 0 aromatic carbocycles. The smallest absolute Gasteiger partial charge is 0.261 e.